The number of nitrogens with one attached hydrogen (secondary N) is 4. The van der Waals surface area contributed by atoms with Crippen LogP contribution in [-0.2, 0) is 61.5 Å². The number of nitrogens with zero attached hydrogens (tertiary/aromatic N) is 2. The van der Waals surface area contributed by atoms with Crippen LogP contribution in [0.5, 0.6) is 11.5 Å². The van der Waals surface area contributed by atoms with Crippen LogP contribution in [0.25, 0.3) is 0 Å². The number of aliphatic carboxylic acids is 1. The van der Waals surface area contributed by atoms with E-state index in [-0.39, 0.29) is 93.0 Å². The normalized spacial score (nSPS) is 21.8. The van der Waals surface area contributed by atoms with Crippen molar-refractivity contribution in [2.75, 3.05) is 40.5 Å². The second-order valence-corrected chi connectivity index (χ2v) is 24.7. The third kappa shape index (κ3) is 15.9. The number of carboxylic acid groups (broad SMARTS) is 1. The van der Waals surface area contributed by atoms with Crippen molar-refractivity contribution >= 4 is 173 Å². The second-order valence-electron chi connectivity index (χ2n) is 16.7. The maximum atomic E-state index is 13.6. The summed E-state index contributed by atoms with van der Waals surface area (Å²) in [4.78, 5) is 63.0. The molecule has 0 aromatic heterocycles. The van der Waals surface area contributed by atoms with E-state index in [1.807, 2.05) is 0 Å². The Morgan fingerprint density at radius 1 is 0.711 bits per heavy atom. The first-order valence-corrected chi connectivity index (χ1v) is 29.6. The van der Waals surface area contributed by atoms with E-state index in [1.165, 1.54) is 26.4 Å². The molecule has 6 rings (SSSR count). The van der Waals surface area contributed by atoms with Crippen LogP contribution in [0.1, 0.15) is 36.8 Å². The molecule has 4 aliphatic rings. The maximum absolute atomic E-state index is 13.6. The zero-order chi connectivity index (χ0) is 55.2. The number of rotatable bonds is 23. The van der Waals surface area contributed by atoms with Gasteiger partial charge in [0.15, 0.2) is 21.5 Å². The number of carboxylic acids is 1. The van der Waals surface area contributed by atoms with Crippen molar-refractivity contribution in [1.29, 1.82) is 0 Å². The number of methoxy groups -OCH3 is 2. The first-order valence-electron chi connectivity index (χ1n) is 21.9. The molecule has 2 aromatic carbocycles. The second kappa shape index (κ2) is 28.2. The van der Waals surface area contributed by atoms with E-state index < -0.39 is 69.5 Å². The van der Waals surface area contributed by atoms with Gasteiger partial charge < -0.3 is 64.4 Å². The van der Waals surface area contributed by atoms with Gasteiger partial charge in [0, 0.05) is 32.4 Å². The molecule has 0 saturated carbocycles. The van der Waals surface area contributed by atoms with Gasteiger partial charge in [-0.1, -0.05) is 10.3 Å². The topological polar surface area (TPSA) is 314 Å². The van der Waals surface area contributed by atoms with Crippen molar-refractivity contribution < 1.29 is 106 Å². The Morgan fingerprint density at radius 3 is 1.45 bits per heavy atom. The van der Waals surface area contributed by atoms with E-state index in [2.05, 4.69) is 154 Å². The molecule has 7 N–H and O–H groups in total. The summed E-state index contributed by atoms with van der Waals surface area (Å²) in [6.07, 6.45) is 0.816. The van der Waals surface area contributed by atoms with Crippen molar-refractivity contribution in [1.82, 2.24) is 20.7 Å². The minimum absolute atomic E-state index is 0. The number of allylic oxidation sites excluding steroid dienone is 2. The smallest absolute Gasteiger partial charge is 0.735 e. The summed E-state index contributed by atoms with van der Waals surface area (Å²) in [5.41, 5.74) is -1.72. The number of amides is 3. The predicted octanol–water partition coefficient (Wildman–Crippen LogP) is 3.13. The van der Waals surface area contributed by atoms with E-state index in [0.29, 0.717) is 82.8 Å². The SMILES string of the molecule is COC1=C(Br)[C@@H](O)[C@]2(C=C1Br)CC(C(=O)NCCCOc1c(Br)cc(CC(NS(=O)(=O)[O-])C(=O)NC(Cc3cc(Br)c(OCCCNC(=O)C4=NO[C@]5(C=C(Br)C(OC)=C(Br)[C@@H]5O)C4)c(Br)c3)C(=O)O)cc1Br)=NO2.[Na+]. The van der Waals surface area contributed by atoms with Gasteiger partial charge in [0.25, 0.3) is 11.8 Å². The third-order valence-corrected chi connectivity index (χ3v) is 17.1. The van der Waals surface area contributed by atoms with Crippen LogP contribution in [0.2, 0.25) is 0 Å². The largest absolute Gasteiger partial charge is 1.00 e. The third-order valence-electron chi connectivity index (χ3n) is 11.4. The number of ether oxygens (including phenoxy) is 4. The van der Waals surface area contributed by atoms with Crippen molar-refractivity contribution in [2.24, 2.45) is 10.3 Å². The van der Waals surface area contributed by atoms with Crippen molar-refractivity contribution in [2.45, 2.75) is 74.0 Å². The predicted molar refractivity (Wildman–Crippen MR) is 297 cm³/mol. The quantitative estimate of drug-likeness (QED) is 0.0478. The van der Waals surface area contributed by atoms with E-state index in [4.69, 9.17) is 28.6 Å². The molecule has 2 spiro atoms. The van der Waals surface area contributed by atoms with Crippen LogP contribution in [0.3, 0.4) is 0 Å². The molecule has 408 valence electrons. The number of halogens is 8. The molecule has 2 aliphatic heterocycles. The fraction of sp³-hybridized carbons (Fsp3) is 0.409. The van der Waals surface area contributed by atoms with Gasteiger partial charge in [-0.3, -0.25) is 14.4 Å². The number of aliphatic hydroxyl groups excluding tert-OH is 2. The van der Waals surface area contributed by atoms with Gasteiger partial charge in [-0.25, -0.2) is 17.9 Å². The van der Waals surface area contributed by atoms with E-state index in [9.17, 15) is 47.5 Å². The average molecular weight is 1610 g/mol. The Hall–Kier alpha value is -1.95. The molecule has 0 saturated heterocycles. The summed E-state index contributed by atoms with van der Waals surface area (Å²) < 4.78 is 63.3. The Balaban J connectivity index is 0.0000107. The van der Waals surface area contributed by atoms with Crippen molar-refractivity contribution in [3.05, 3.63) is 94.9 Å². The van der Waals surface area contributed by atoms with E-state index in [0.717, 1.165) is 0 Å². The number of oxime groups is 2. The summed E-state index contributed by atoms with van der Waals surface area (Å²) >= 11 is 27.1. The molecular weight excluding hydrogens is 1560 g/mol. The molecule has 22 nitrogen and oxygen atoms in total. The summed E-state index contributed by atoms with van der Waals surface area (Å²) in [7, 11) is -2.33. The first-order chi connectivity index (χ1) is 35.3. The number of hydrogen-bond acceptors (Lipinski definition) is 17. The minimum atomic E-state index is -5.23. The van der Waals surface area contributed by atoms with Crippen LogP contribution in [0.15, 0.2) is 94.1 Å². The summed E-state index contributed by atoms with van der Waals surface area (Å²) in [5, 5.41) is 47.5. The van der Waals surface area contributed by atoms with Crippen LogP contribution in [0.4, 0.5) is 0 Å². The van der Waals surface area contributed by atoms with Crippen LogP contribution >= 0.6 is 127 Å². The summed E-state index contributed by atoms with van der Waals surface area (Å²) in [6, 6.07) is 2.89. The van der Waals surface area contributed by atoms with Crippen molar-refractivity contribution in [3.63, 3.8) is 0 Å². The Kier molecular flexibility index (Phi) is 24.0. The fourth-order valence-corrected chi connectivity index (χ4v) is 14.9. The molecule has 2 aliphatic carbocycles. The van der Waals surface area contributed by atoms with E-state index >= 15 is 0 Å². The van der Waals surface area contributed by atoms with Gasteiger partial charge in [0.05, 0.1) is 63.3 Å². The van der Waals surface area contributed by atoms with Gasteiger partial charge in [0.1, 0.15) is 58.7 Å². The molecule has 0 radical (unpaired) electrons. The van der Waals surface area contributed by atoms with Gasteiger partial charge in [0.2, 0.25) is 5.91 Å². The number of benzene rings is 2. The summed E-state index contributed by atoms with van der Waals surface area (Å²) in [5.74, 6) is -2.09. The number of carbonyl (C=O) groups is 4. The van der Waals surface area contributed by atoms with Gasteiger partial charge in [-0.2, -0.15) is 0 Å². The monoisotopic (exact) mass is 1600 g/mol. The minimum Gasteiger partial charge on any atom is -0.735 e. The first kappa shape index (κ1) is 64.9. The molecule has 32 heteroatoms. The van der Waals surface area contributed by atoms with E-state index in [1.54, 1.807) is 29.0 Å². The molecule has 3 amide bonds. The number of hydrogen-bond donors (Lipinski definition) is 7. The molecule has 2 aromatic rings. The van der Waals surface area contributed by atoms with Gasteiger partial charge in [-0.05, 0) is 194 Å². The Bertz CT molecular complexity index is 2890. The fourth-order valence-electron chi connectivity index (χ4n) is 7.78. The number of carbonyl (C=O) groups excluding carboxylic acids is 3. The molecule has 6 atom stereocenters. The molecule has 2 unspecified atom stereocenters. The summed E-state index contributed by atoms with van der Waals surface area (Å²) in [6.45, 7) is 0.621. The molecule has 76 heavy (non-hydrogen) atoms. The molecule has 0 fully saturated rings. The zero-order valence-electron chi connectivity index (χ0n) is 39.8. The maximum Gasteiger partial charge on any atom is 1.00 e. The average Bonchev–Trinajstić information content (AvgIpc) is 3.96. The molecule has 0 bridgehead atoms. The van der Waals surface area contributed by atoms with Crippen LogP contribution < -0.4 is 59.7 Å². The Labute approximate surface area is 524 Å². The van der Waals surface area contributed by atoms with Crippen LogP contribution in [0, 0.1) is 0 Å². The zero-order valence-corrected chi connectivity index (χ0v) is 55.3. The Morgan fingerprint density at radius 2 is 1.09 bits per heavy atom. The standard InChI is InChI=1S/C44H44Br8N6O16S.Na/c1-69-35-25(49)15-43(37(59)31(35)51)17-29(56-73-43)39(61)53-5-3-7-71-33-21(45)9-19(10-22(33)46)13-27(58-75(66,67)68)41(63)55-28(42(64)65)14-20-11-23(47)34(24(48)12-20)72-8-4-6-54-40(62)30-18-44(74-57-30)16-26(50)36(70-2)32(52)38(44)60;/h9-12,15-16,27-28,37-38,58-60H,3-8,13-14,17-18H2,1-2H3,(H,53,61)(H,54,62)(H,55,63)(H,64,65)(H,66,67,68);/q;+1/p-1/t27?,28?,37-,38+,43+,44-;/m1./s1. The van der Waals surface area contributed by atoms with Gasteiger partial charge >= 0.3 is 35.5 Å². The number of aliphatic hydroxyl groups is 2. The van der Waals surface area contributed by atoms with Crippen LogP contribution in [-0.4, -0.2) is 139 Å². The van der Waals surface area contributed by atoms with Gasteiger partial charge in [-0.15, -0.1) is 0 Å². The molecular formula is C44H43Br8N6NaO16S. The molecule has 2 heterocycles. The van der Waals surface area contributed by atoms with Crippen molar-refractivity contribution in [3.8, 4) is 11.5 Å².